The van der Waals surface area contributed by atoms with E-state index >= 15 is 0 Å². The van der Waals surface area contributed by atoms with Gasteiger partial charge in [-0.25, -0.2) is 0 Å². The van der Waals surface area contributed by atoms with Crippen LogP contribution in [0, 0.1) is 0 Å². The Labute approximate surface area is 461 Å². The van der Waals surface area contributed by atoms with Crippen LogP contribution in [0.25, 0.3) is 60.9 Å². The maximum absolute atomic E-state index is 4.03. The lowest BCUT2D eigenvalue weighted by atomic mass is 9.66. The molecule has 1 spiro atoms. The topological polar surface area (TPSA) is 8.17 Å². The fourth-order valence-electron chi connectivity index (χ4n) is 14.1. The Bertz CT molecular complexity index is 4440. The van der Waals surface area contributed by atoms with Crippen LogP contribution in [0.5, 0.6) is 0 Å². The second-order valence-electron chi connectivity index (χ2n) is 22.6. The molecule has 9 aromatic carbocycles. The van der Waals surface area contributed by atoms with E-state index in [0.717, 1.165) is 33.9 Å². The van der Waals surface area contributed by atoms with Gasteiger partial charge in [0.25, 0.3) is 0 Å². The molecule has 1 atom stereocenters. The number of benzene rings is 9. The average Bonchev–Trinajstić information content (AvgIpc) is 3.08. The summed E-state index contributed by atoms with van der Waals surface area (Å²) in [7, 11) is 0. The zero-order valence-electron chi connectivity index (χ0n) is 44.5. The first kappa shape index (κ1) is 46.5. The van der Waals surface area contributed by atoms with Gasteiger partial charge in [0.05, 0.1) is 27.8 Å². The Morgan fingerprint density at radius 1 is 0.513 bits per heavy atom. The molecular formula is C75H56N2S. The minimum atomic E-state index is -0.689. The maximum atomic E-state index is 4.03. The molecule has 1 aromatic heterocycles. The van der Waals surface area contributed by atoms with Crippen molar-refractivity contribution in [1.29, 1.82) is 0 Å². The predicted octanol–water partition coefficient (Wildman–Crippen LogP) is 19.9. The lowest BCUT2D eigenvalue weighted by Crippen LogP contribution is -2.33. The van der Waals surface area contributed by atoms with Gasteiger partial charge in [0.15, 0.2) is 0 Å². The van der Waals surface area contributed by atoms with Gasteiger partial charge in [-0.05, 0) is 158 Å². The fraction of sp³-hybridized carbons (Fsp3) is 0.107. The molecule has 0 fully saturated rings. The Morgan fingerprint density at radius 3 is 1.86 bits per heavy atom. The van der Waals surface area contributed by atoms with Gasteiger partial charge in [-0.1, -0.05) is 209 Å². The predicted molar refractivity (Wildman–Crippen MR) is 329 cm³/mol. The third-order valence-corrected chi connectivity index (χ3v) is 19.2. The molecule has 372 valence electrons. The lowest BCUT2D eigenvalue weighted by Gasteiger charge is -2.42. The number of fused-ring (bicyclic) bond motifs is 16. The largest absolute Gasteiger partial charge is 0.310 e. The van der Waals surface area contributed by atoms with E-state index in [2.05, 4.69) is 287 Å². The molecule has 0 bridgehead atoms. The van der Waals surface area contributed by atoms with Crippen molar-refractivity contribution in [3.8, 4) is 22.3 Å². The summed E-state index contributed by atoms with van der Waals surface area (Å²) in [6.07, 6.45) is 15.0. The van der Waals surface area contributed by atoms with E-state index < -0.39 is 5.41 Å². The van der Waals surface area contributed by atoms with Crippen LogP contribution >= 0.6 is 11.8 Å². The van der Waals surface area contributed by atoms with Crippen molar-refractivity contribution < 1.29 is 0 Å². The number of hydrogen-bond donors (Lipinski definition) is 0. The molecule has 0 N–H and O–H groups in total. The van der Waals surface area contributed by atoms with Crippen LogP contribution < -0.4 is 4.90 Å². The number of hydrogen-bond acceptors (Lipinski definition) is 2. The van der Waals surface area contributed by atoms with Crippen LogP contribution in [0.1, 0.15) is 84.7 Å². The minimum Gasteiger partial charge on any atom is -0.310 e. The summed E-state index contributed by atoms with van der Waals surface area (Å²) in [4.78, 5) is 5.13. The Balaban J connectivity index is 0.976. The second kappa shape index (κ2) is 17.1. The normalized spacial score (nSPS) is 17.6. The van der Waals surface area contributed by atoms with Gasteiger partial charge >= 0.3 is 0 Å². The molecule has 1 unspecified atom stereocenters. The van der Waals surface area contributed by atoms with Crippen molar-refractivity contribution in [2.24, 2.45) is 0 Å². The highest BCUT2D eigenvalue weighted by Crippen LogP contribution is 2.65. The molecule has 3 heteroatoms. The summed E-state index contributed by atoms with van der Waals surface area (Å²) in [5, 5.41) is 2.49. The molecule has 15 rings (SSSR count). The van der Waals surface area contributed by atoms with Gasteiger partial charge in [0, 0.05) is 54.4 Å². The molecule has 5 aliphatic rings. The number of anilines is 3. The smallest absolute Gasteiger partial charge is 0.0756 e. The van der Waals surface area contributed by atoms with Crippen LogP contribution in [0.15, 0.2) is 264 Å². The summed E-state index contributed by atoms with van der Waals surface area (Å²) in [6, 6.07) is 73.6. The van der Waals surface area contributed by atoms with Gasteiger partial charge in [0.2, 0.25) is 0 Å². The van der Waals surface area contributed by atoms with Gasteiger partial charge < -0.3 is 9.47 Å². The third kappa shape index (κ3) is 6.41. The monoisotopic (exact) mass is 1020 g/mol. The zero-order chi connectivity index (χ0) is 52.7. The Morgan fingerprint density at radius 2 is 1.12 bits per heavy atom. The lowest BCUT2D eigenvalue weighted by molar-refractivity contribution is 0.639. The van der Waals surface area contributed by atoms with Crippen molar-refractivity contribution in [2.75, 3.05) is 4.90 Å². The van der Waals surface area contributed by atoms with Crippen LogP contribution in [-0.2, 0) is 16.2 Å². The molecule has 0 saturated heterocycles. The molecule has 0 amide bonds. The highest BCUT2D eigenvalue weighted by molar-refractivity contribution is 7.99. The number of para-hydroxylation sites is 2. The zero-order valence-corrected chi connectivity index (χ0v) is 45.3. The standard InChI is InChI=1S/C75H56N2S/c1-7-8-23-53-47(2)73(3,4)64-45-51(39-41-56(53)64)76(52-40-42-57-54-24-9-13-29-61(54)74(5,6)65(57)46-52)69-34-20-28-60-55-25-10-14-30-62(55)75(72(60)69)63-31-15-18-35-70(63)78-71-43-37-49(44-66(71)75)48-21-19-22-50(38-36-48)77-67-32-16-11-26-58(67)59-27-12-17-33-68(59)77/h7-18,20-46H,1H2,2-6H3/b23-8-. The van der Waals surface area contributed by atoms with E-state index in [4.69, 9.17) is 0 Å². The van der Waals surface area contributed by atoms with Crippen molar-refractivity contribution in [2.45, 2.75) is 60.7 Å². The van der Waals surface area contributed by atoms with Crippen molar-refractivity contribution >= 4 is 67.5 Å². The highest BCUT2D eigenvalue weighted by Gasteiger charge is 2.52. The molecule has 1 aliphatic heterocycles. The van der Waals surface area contributed by atoms with Crippen LogP contribution in [0.4, 0.5) is 17.1 Å². The van der Waals surface area contributed by atoms with Crippen molar-refractivity contribution in [1.82, 2.24) is 4.57 Å². The highest BCUT2D eigenvalue weighted by atomic mass is 32.2. The molecule has 2 heterocycles. The van der Waals surface area contributed by atoms with E-state index in [0.29, 0.717) is 0 Å². The molecule has 4 aliphatic carbocycles. The van der Waals surface area contributed by atoms with Gasteiger partial charge in [-0.3, -0.25) is 0 Å². The fourth-order valence-corrected chi connectivity index (χ4v) is 15.3. The Kier molecular flexibility index (Phi) is 10.2. The van der Waals surface area contributed by atoms with Crippen LogP contribution in [0.2, 0.25) is 0 Å². The molecule has 2 nitrogen and oxygen atoms in total. The van der Waals surface area contributed by atoms with Crippen molar-refractivity contribution in [3.05, 3.63) is 305 Å². The van der Waals surface area contributed by atoms with E-state index in [1.165, 1.54) is 110 Å². The molecule has 78 heavy (non-hydrogen) atoms. The summed E-state index contributed by atoms with van der Waals surface area (Å²) in [6.45, 7) is 15.9. The van der Waals surface area contributed by atoms with E-state index in [1.54, 1.807) is 0 Å². The van der Waals surface area contributed by atoms with Gasteiger partial charge in [-0.15, -0.1) is 5.73 Å². The first-order chi connectivity index (χ1) is 38.1. The number of nitrogens with zero attached hydrogens (tertiary/aromatic N) is 2. The van der Waals surface area contributed by atoms with E-state index in [1.807, 2.05) is 17.8 Å². The van der Waals surface area contributed by atoms with E-state index in [9.17, 15) is 0 Å². The number of aromatic nitrogens is 1. The van der Waals surface area contributed by atoms with Gasteiger partial charge in [0.1, 0.15) is 0 Å². The summed E-state index contributed by atoms with van der Waals surface area (Å²) < 4.78 is 2.37. The Hall–Kier alpha value is -8.85. The second-order valence-corrected chi connectivity index (χ2v) is 23.7. The summed E-state index contributed by atoms with van der Waals surface area (Å²) in [5.74, 6) is 0. The molecule has 0 saturated carbocycles. The summed E-state index contributed by atoms with van der Waals surface area (Å²) in [5.41, 5.74) is 30.0. The first-order valence-electron chi connectivity index (χ1n) is 27.3. The SMILES string of the molecule is C=C/C=C\C1=C(C)C(C)(C)c2cc(N(c3ccc4c(c3)C(C)(C)c3ccccc3-4)c3cccc4c3C3(c5ccccc5Sc5ccc(C6=CC=C(n7c8ccccc8c8ccccc87)C=C=C6)cc53)c3ccccc3-4)ccc21. The van der Waals surface area contributed by atoms with Crippen LogP contribution in [-0.4, -0.2) is 4.57 Å². The van der Waals surface area contributed by atoms with E-state index in [-0.39, 0.29) is 10.8 Å². The number of rotatable bonds is 7. The van der Waals surface area contributed by atoms with Crippen molar-refractivity contribution in [3.63, 3.8) is 0 Å². The molecule has 0 radical (unpaired) electrons. The third-order valence-electron chi connectivity index (χ3n) is 18.0. The molecular weight excluding hydrogens is 961 g/mol. The van der Waals surface area contributed by atoms with Gasteiger partial charge in [-0.2, -0.15) is 0 Å². The minimum absolute atomic E-state index is 0.193. The van der Waals surface area contributed by atoms with Crippen LogP contribution in [0.3, 0.4) is 0 Å². The quantitative estimate of drug-likeness (QED) is 0.116. The number of allylic oxidation sites excluding steroid dienone is 10. The maximum Gasteiger partial charge on any atom is 0.0756 e. The average molecular weight is 1020 g/mol. The molecule has 10 aromatic rings. The first-order valence-corrected chi connectivity index (χ1v) is 28.1. The summed E-state index contributed by atoms with van der Waals surface area (Å²) >= 11 is 1.89.